The third-order valence-corrected chi connectivity index (χ3v) is 6.16. The zero-order valence-electron chi connectivity index (χ0n) is 20.6. The van der Waals surface area contributed by atoms with E-state index in [1.807, 2.05) is 4.90 Å². The summed E-state index contributed by atoms with van der Waals surface area (Å²) in [5.41, 5.74) is -2.60. The molecule has 1 fully saturated rings. The fraction of sp³-hybridized carbons (Fsp3) is 0.370. The van der Waals surface area contributed by atoms with E-state index in [-0.39, 0.29) is 24.8 Å². The van der Waals surface area contributed by atoms with Gasteiger partial charge in [0.25, 0.3) is 0 Å². The van der Waals surface area contributed by atoms with Crippen LogP contribution in [0.25, 0.3) is 0 Å². The molecule has 1 N–H and O–H groups in total. The van der Waals surface area contributed by atoms with Crippen molar-refractivity contribution in [2.45, 2.75) is 44.1 Å². The van der Waals surface area contributed by atoms with Crippen molar-refractivity contribution in [1.29, 1.82) is 0 Å². The highest BCUT2D eigenvalue weighted by atomic mass is 19.4. The quantitative estimate of drug-likeness (QED) is 0.286. The SMILES string of the molecule is C[C@@H](O[C@H]1OCCN(CC#CCc2ncc[nH]2)[C@H]1c1ccc(F)cc1)c1cc(C(F)(F)F)cc(C(F)(F)F)c1. The highest BCUT2D eigenvalue weighted by Crippen LogP contribution is 2.39. The summed E-state index contributed by atoms with van der Waals surface area (Å²) in [5, 5.41) is 0. The van der Waals surface area contributed by atoms with E-state index in [2.05, 4.69) is 21.8 Å². The number of benzene rings is 2. The van der Waals surface area contributed by atoms with Gasteiger partial charge >= 0.3 is 12.4 Å². The topological polar surface area (TPSA) is 50.4 Å². The summed E-state index contributed by atoms with van der Waals surface area (Å²) in [6.45, 7) is 2.18. The number of aromatic nitrogens is 2. The second-order valence-corrected chi connectivity index (χ2v) is 8.89. The van der Waals surface area contributed by atoms with Crippen LogP contribution < -0.4 is 0 Å². The van der Waals surface area contributed by atoms with Gasteiger partial charge in [0.2, 0.25) is 0 Å². The maximum atomic E-state index is 13.6. The summed E-state index contributed by atoms with van der Waals surface area (Å²) in [7, 11) is 0. The zero-order valence-corrected chi connectivity index (χ0v) is 20.6. The minimum atomic E-state index is -4.99. The smallest absolute Gasteiger partial charge is 0.349 e. The van der Waals surface area contributed by atoms with Gasteiger partial charge in [-0.25, -0.2) is 9.37 Å². The lowest BCUT2D eigenvalue weighted by Crippen LogP contribution is -2.46. The van der Waals surface area contributed by atoms with Gasteiger partial charge in [-0.15, -0.1) is 0 Å². The fourth-order valence-electron chi connectivity index (χ4n) is 4.20. The summed E-state index contributed by atoms with van der Waals surface area (Å²) in [5.74, 6) is 6.25. The standard InChI is InChI=1S/C27H24F7N3O2/c1-17(19-14-20(26(29,30)31)16-21(15-19)27(32,33)34)39-25-24(18-5-7-22(28)8-6-18)37(12-13-38-25)11-3-2-4-23-35-9-10-36-23/h5-10,14-17,24-25H,4,11-13H2,1H3,(H,35,36)/t17-,24+,25-/m1/s1. The molecule has 2 heterocycles. The molecule has 0 saturated carbocycles. The zero-order chi connectivity index (χ0) is 28.2. The molecule has 0 amide bonds. The lowest BCUT2D eigenvalue weighted by atomic mass is 10.0. The van der Waals surface area contributed by atoms with Crippen molar-refractivity contribution in [2.75, 3.05) is 19.7 Å². The Balaban J connectivity index is 1.60. The summed E-state index contributed by atoms with van der Waals surface area (Å²) in [4.78, 5) is 8.94. The number of imidazole rings is 1. The first-order chi connectivity index (χ1) is 18.4. The maximum Gasteiger partial charge on any atom is 0.416 e. The van der Waals surface area contributed by atoms with Crippen molar-refractivity contribution < 1.29 is 40.2 Å². The van der Waals surface area contributed by atoms with Crippen LogP contribution in [-0.4, -0.2) is 40.9 Å². The van der Waals surface area contributed by atoms with Crippen LogP contribution in [0.15, 0.2) is 54.9 Å². The molecule has 1 saturated heterocycles. The first kappa shape index (κ1) is 28.6. The van der Waals surface area contributed by atoms with E-state index in [0.717, 1.165) is 0 Å². The van der Waals surface area contributed by atoms with Gasteiger partial charge in [-0.1, -0.05) is 24.0 Å². The molecule has 0 aliphatic carbocycles. The molecule has 0 radical (unpaired) electrons. The minimum absolute atomic E-state index is 0.0672. The van der Waals surface area contributed by atoms with Gasteiger partial charge in [0.15, 0.2) is 6.29 Å². The number of nitrogens with one attached hydrogen (secondary N) is 1. The van der Waals surface area contributed by atoms with Crippen molar-refractivity contribution in [1.82, 2.24) is 14.9 Å². The van der Waals surface area contributed by atoms with Crippen LogP contribution in [0.3, 0.4) is 0 Å². The number of aromatic amines is 1. The van der Waals surface area contributed by atoms with Crippen LogP contribution in [0, 0.1) is 17.7 Å². The van der Waals surface area contributed by atoms with E-state index < -0.39 is 47.7 Å². The summed E-state index contributed by atoms with van der Waals surface area (Å²) >= 11 is 0. The maximum absolute atomic E-state index is 13.6. The van der Waals surface area contributed by atoms with E-state index in [1.165, 1.54) is 31.2 Å². The predicted molar refractivity (Wildman–Crippen MR) is 126 cm³/mol. The summed E-state index contributed by atoms with van der Waals surface area (Å²) in [6.07, 6.45) is -8.60. The first-order valence-corrected chi connectivity index (χ1v) is 11.9. The summed E-state index contributed by atoms with van der Waals surface area (Å²) < 4.78 is 106. The average molecular weight is 555 g/mol. The molecular weight excluding hydrogens is 531 g/mol. The number of morpholine rings is 1. The molecule has 1 aliphatic rings. The van der Waals surface area contributed by atoms with E-state index in [9.17, 15) is 30.7 Å². The Morgan fingerprint density at radius 1 is 1.05 bits per heavy atom. The number of rotatable bonds is 6. The van der Waals surface area contributed by atoms with Crippen LogP contribution in [0.2, 0.25) is 0 Å². The molecule has 12 heteroatoms. The number of hydrogen-bond donors (Lipinski definition) is 1. The molecule has 0 unspecified atom stereocenters. The Morgan fingerprint density at radius 2 is 1.72 bits per heavy atom. The molecule has 4 rings (SSSR count). The number of H-pyrrole nitrogens is 1. The normalized spacial score (nSPS) is 19.4. The molecule has 0 spiro atoms. The monoisotopic (exact) mass is 555 g/mol. The third kappa shape index (κ3) is 7.38. The van der Waals surface area contributed by atoms with E-state index in [0.29, 0.717) is 36.5 Å². The van der Waals surface area contributed by atoms with Crippen LogP contribution in [0.5, 0.6) is 0 Å². The van der Waals surface area contributed by atoms with Gasteiger partial charge in [-0.05, 0) is 48.4 Å². The number of halogens is 7. The van der Waals surface area contributed by atoms with Gasteiger partial charge < -0.3 is 14.5 Å². The lowest BCUT2D eigenvalue weighted by molar-refractivity contribution is -0.228. The van der Waals surface area contributed by atoms with Crippen LogP contribution in [-0.2, 0) is 28.2 Å². The van der Waals surface area contributed by atoms with Gasteiger partial charge in [0.1, 0.15) is 11.6 Å². The molecule has 5 nitrogen and oxygen atoms in total. The third-order valence-electron chi connectivity index (χ3n) is 6.16. The molecule has 2 aromatic carbocycles. The fourth-order valence-corrected chi connectivity index (χ4v) is 4.20. The highest BCUT2D eigenvalue weighted by Gasteiger charge is 2.39. The van der Waals surface area contributed by atoms with Crippen molar-refractivity contribution in [3.8, 4) is 11.8 Å². The number of nitrogens with zero attached hydrogens (tertiary/aromatic N) is 2. The second-order valence-electron chi connectivity index (χ2n) is 8.89. The number of alkyl halides is 6. The Bertz CT molecular complexity index is 1260. The van der Waals surface area contributed by atoms with Crippen LogP contribution in [0.4, 0.5) is 30.7 Å². The molecule has 3 atom stereocenters. The minimum Gasteiger partial charge on any atom is -0.349 e. The molecule has 208 valence electrons. The Hall–Kier alpha value is -3.40. The van der Waals surface area contributed by atoms with E-state index in [4.69, 9.17) is 9.47 Å². The van der Waals surface area contributed by atoms with Gasteiger partial charge in [0, 0.05) is 18.9 Å². The molecular formula is C27H24F7N3O2. The van der Waals surface area contributed by atoms with E-state index in [1.54, 1.807) is 12.4 Å². The molecule has 1 aliphatic heterocycles. The van der Waals surface area contributed by atoms with Crippen molar-refractivity contribution in [3.63, 3.8) is 0 Å². The summed E-state index contributed by atoms with van der Waals surface area (Å²) in [6, 6.07) is 6.20. The first-order valence-electron chi connectivity index (χ1n) is 11.9. The Labute approximate surface area is 219 Å². The number of hydrogen-bond acceptors (Lipinski definition) is 4. The van der Waals surface area contributed by atoms with Crippen LogP contribution >= 0.6 is 0 Å². The van der Waals surface area contributed by atoms with Crippen molar-refractivity contribution >= 4 is 0 Å². The van der Waals surface area contributed by atoms with E-state index >= 15 is 0 Å². The lowest BCUT2D eigenvalue weighted by Gasteiger charge is -2.41. The predicted octanol–water partition coefficient (Wildman–Crippen LogP) is 6.31. The Kier molecular flexibility index (Phi) is 8.64. The average Bonchev–Trinajstić information content (AvgIpc) is 3.40. The van der Waals surface area contributed by atoms with Gasteiger partial charge in [-0.2, -0.15) is 26.3 Å². The number of ether oxygens (including phenoxy) is 2. The van der Waals surface area contributed by atoms with Crippen molar-refractivity contribution in [3.05, 3.63) is 88.8 Å². The van der Waals surface area contributed by atoms with Crippen LogP contribution in [0.1, 0.15) is 47.1 Å². The molecule has 39 heavy (non-hydrogen) atoms. The molecule has 0 bridgehead atoms. The molecule has 3 aromatic rings. The molecule has 1 aromatic heterocycles. The van der Waals surface area contributed by atoms with Crippen molar-refractivity contribution in [2.24, 2.45) is 0 Å². The van der Waals surface area contributed by atoms with Gasteiger partial charge in [0.05, 0.1) is 42.8 Å². The Morgan fingerprint density at radius 3 is 2.31 bits per heavy atom. The largest absolute Gasteiger partial charge is 0.416 e. The van der Waals surface area contributed by atoms with Gasteiger partial charge in [-0.3, -0.25) is 4.90 Å². The second kappa shape index (κ2) is 11.8. The highest BCUT2D eigenvalue weighted by molar-refractivity contribution is 5.35.